The first-order valence-corrected chi connectivity index (χ1v) is 11.9. The maximum absolute atomic E-state index is 13.3. The summed E-state index contributed by atoms with van der Waals surface area (Å²) in [6.07, 6.45) is 3.30. The van der Waals surface area contributed by atoms with Crippen molar-refractivity contribution in [2.45, 2.75) is 24.8 Å². The largest absolute Gasteiger partial charge is 0.369 e. The van der Waals surface area contributed by atoms with Gasteiger partial charge in [0.25, 0.3) is 15.9 Å². The van der Waals surface area contributed by atoms with E-state index in [1.807, 2.05) is 31.2 Å². The number of halogens is 1. The van der Waals surface area contributed by atoms with Gasteiger partial charge in [0.15, 0.2) is 0 Å². The number of aryl methyl sites for hydroxylation is 1. The first-order chi connectivity index (χ1) is 14.2. The summed E-state index contributed by atoms with van der Waals surface area (Å²) in [4.78, 5) is 16.5. The molecule has 0 atom stereocenters. The van der Waals surface area contributed by atoms with Crippen LogP contribution in [-0.4, -0.2) is 73.1 Å². The van der Waals surface area contributed by atoms with Crippen LogP contribution in [0.2, 0.25) is 5.02 Å². The number of sulfonamides is 1. The zero-order valence-electron chi connectivity index (χ0n) is 17.6. The molecule has 0 aliphatic carbocycles. The fourth-order valence-electron chi connectivity index (χ4n) is 3.47. The van der Waals surface area contributed by atoms with E-state index in [1.54, 1.807) is 19.0 Å². The first kappa shape index (κ1) is 22.6. The summed E-state index contributed by atoms with van der Waals surface area (Å²) in [5.74, 6) is -0.324. The molecule has 1 aliphatic rings. The number of amides is 1. The molecule has 3 rings (SSSR count). The number of carbonyl (C=O) groups excluding carboxylic acids is 1. The maximum Gasteiger partial charge on any atom is 0.263 e. The number of unbranched alkanes of at least 4 members (excludes halogenated alkanes) is 1. The standard InChI is InChI=1S/C20H28ClN5O3S/c1-4-5-10-23(2)20(27)18-15-24(3)22-19(18)30(28,29)26-13-11-25(12-14-26)17-8-6-16(21)7-9-17/h6-9,15H,4-5,10-14H2,1-3H3. The number of nitrogens with zero attached hydrogens (tertiary/aromatic N) is 5. The third-order valence-electron chi connectivity index (χ3n) is 5.23. The number of anilines is 1. The highest BCUT2D eigenvalue weighted by Gasteiger charge is 2.35. The molecule has 1 aliphatic heterocycles. The van der Waals surface area contributed by atoms with Crippen LogP contribution in [0.3, 0.4) is 0 Å². The molecule has 1 aromatic heterocycles. The number of rotatable bonds is 7. The molecular formula is C20H28ClN5O3S. The van der Waals surface area contributed by atoms with E-state index in [9.17, 15) is 13.2 Å². The zero-order valence-corrected chi connectivity index (χ0v) is 19.2. The third kappa shape index (κ3) is 4.79. The van der Waals surface area contributed by atoms with Crippen molar-refractivity contribution in [3.8, 4) is 0 Å². The van der Waals surface area contributed by atoms with E-state index in [2.05, 4.69) is 10.00 Å². The molecule has 0 unspecified atom stereocenters. The Balaban J connectivity index is 1.76. The lowest BCUT2D eigenvalue weighted by atomic mass is 10.2. The summed E-state index contributed by atoms with van der Waals surface area (Å²) in [5, 5.41) is 4.63. The van der Waals surface area contributed by atoms with Gasteiger partial charge in [-0.3, -0.25) is 9.48 Å². The predicted molar refractivity (Wildman–Crippen MR) is 118 cm³/mol. The molecule has 30 heavy (non-hydrogen) atoms. The van der Waals surface area contributed by atoms with Crippen molar-refractivity contribution in [1.82, 2.24) is 19.0 Å². The Kier molecular flexibility index (Phi) is 7.05. The molecular weight excluding hydrogens is 426 g/mol. The van der Waals surface area contributed by atoms with Crippen LogP contribution in [0.5, 0.6) is 0 Å². The van der Waals surface area contributed by atoms with E-state index in [4.69, 9.17) is 11.6 Å². The second-order valence-corrected chi connectivity index (χ2v) is 9.76. The van der Waals surface area contributed by atoms with Gasteiger partial charge in [0.05, 0.1) is 5.56 Å². The number of hydrogen-bond acceptors (Lipinski definition) is 5. The van der Waals surface area contributed by atoms with Crippen LogP contribution < -0.4 is 4.90 Å². The second kappa shape index (κ2) is 9.36. The Bertz CT molecular complexity index is 982. The van der Waals surface area contributed by atoms with Gasteiger partial charge in [-0.05, 0) is 30.7 Å². The Morgan fingerprint density at radius 3 is 2.40 bits per heavy atom. The summed E-state index contributed by atoms with van der Waals surface area (Å²) in [7, 11) is -0.565. The third-order valence-corrected chi connectivity index (χ3v) is 7.32. The van der Waals surface area contributed by atoms with Crippen LogP contribution in [-0.2, 0) is 17.1 Å². The summed E-state index contributed by atoms with van der Waals surface area (Å²) in [6.45, 7) is 4.36. The molecule has 164 valence electrons. The average molecular weight is 454 g/mol. The molecule has 0 radical (unpaired) electrons. The number of piperazine rings is 1. The zero-order chi connectivity index (χ0) is 21.9. The number of benzene rings is 1. The van der Waals surface area contributed by atoms with Gasteiger partial charge in [-0.1, -0.05) is 24.9 Å². The van der Waals surface area contributed by atoms with Gasteiger partial charge >= 0.3 is 0 Å². The van der Waals surface area contributed by atoms with Gasteiger partial charge in [-0.25, -0.2) is 8.42 Å². The number of hydrogen-bond donors (Lipinski definition) is 0. The van der Waals surface area contributed by atoms with E-state index in [-0.39, 0.29) is 16.5 Å². The molecule has 1 fully saturated rings. The van der Waals surface area contributed by atoms with Crippen LogP contribution in [0.15, 0.2) is 35.5 Å². The van der Waals surface area contributed by atoms with Gasteiger partial charge in [-0.2, -0.15) is 9.40 Å². The van der Waals surface area contributed by atoms with E-state index < -0.39 is 10.0 Å². The number of aromatic nitrogens is 2. The van der Waals surface area contributed by atoms with Crippen LogP contribution in [0.25, 0.3) is 0 Å². The molecule has 0 saturated carbocycles. The number of carbonyl (C=O) groups is 1. The first-order valence-electron chi connectivity index (χ1n) is 10.0. The molecule has 0 bridgehead atoms. The molecule has 2 heterocycles. The van der Waals surface area contributed by atoms with E-state index >= 15 is 0 Å². The molecule has 2 aromatic rings. The minimum absolute atomic E-state index is 0.122. The predicted octanol–water partition coefficient (Wildman–Crippen LogP) is 2.46. The van der Waals surface area contributed by atoms with Crippen LogP contribution in [0.4, 0.5) is 5.69 Å². The summed E-state index contributed by atoms with van der Waals surface area (Å²) < 4.78 is 29.4. The molecule has 1 amide bonds. The molecule has 1 saturated heterocycles. The van der Waals surface area contributed by atoms with Crippen molar-refractivity contribution >= 4 is 33.2 Å². The summed E-state index contributed by atoms with van der Waals surface area (Å²) >= 11 is 5.95. The topological polar surface area (TPSA) is 78.8 Å². The lowest BCUT2D eigenvalue weighted by molar-refractivity contribution is 0.0789. The normalized spacial score (nSPS) is 15.4. The fourth-order valence-corrected chi connectivity index (χ4v) is 5.13. The molecule has 1 aromatic carbocycles. The van der Waals surface area contributed by atoms with Crippen LogP contribution in [0.1, 0.15) is 30.1 Å². The fraction of sp³-hybridized carbons (Fsp3) is 0.500. The Morgan fingerprint density at radius 1 is 1.17 bits per heavy atom. The van der Waals surface area contributed by atoms with Gasteiger partial charge in [0, 0.05) is 63.7 Å². The van der Waals surface area contributed by atoms with Crippen LogP contribution in [0, 0.1) is 0 Å². The minimum atomic E-state index is -3.88. The SMILES string of the molecule is CCCCN(C)C(=O)c1cn(C)nc1S(=O)(=O)N1CCN(c2ccc(Cl)cc2)CC1. The Labute approximate surface area is 183 Å². The Morgan fingerprint density at radius 2 is 1.80 bits per heavy atom. The Hall–Kier alpha value is -2.10. The summed E-state index contributed by atoms with van der Waals surface area (Å²) in [5.41, 5.74) is 1.12. The monoisotopic (exact) mass is 453 g/mol. The van der Waals surface area contributed by atoms with Gasteiger partial charge in [-0.15, -0.1) is 0 Å². The highest BCUT2D eigenvalue weighted by atomic mass is 35.5. The van der Waals surface area contributed by atoms with Crippen molar-refractivity contribution in [2.75, 3.05) is 44.7 Å². The van der Waals surface area contributed by atoms with E-state index in [1.165, 1.54) is 15.2 Å². The molecule has 8 nitrogen and oxygen atoms in total. The minimum Gasteiger partial charge on any atom is -0.369 e. The lowest BCUT2D eigenvalue weighted by Crippen LogP contribution is -2.49. The average Bonchev–Trinajstić information content (AvgIpc) is 3.14. The quantitative estimate of drug-likeness (QED) is 0.643. The lowest BCUT2D eigenvalue weighted by Gasteiger charge is -2.35. The second-order valence-electron chi connectivity index (χ2n) is 7.47. The highest BCUT2D eigenvalue weighted by Crippen LogP contribution is 2.24. The van der Waals surface area contributed by atoms with E-state index in [0.717, 1.165) is 18.5 Å². The highest BCUT2D eigenvalue weighted by molar-refractivity contribution is 7.89. The van der Waals surface area contributed by atoms with Crippen molar-refractivity contribution in [2.24, 2.45) is 7.05 Å². The van der Waals surface area contributed by atoms with Gasteiger partial charge in [0.1, 0.15) is 0 Å². The van der Waals surface area contributed by atoms with E-state index in [0.29, 0.717) is 37.7 Å². The van der Waals surface area contributed by atoms with Crippen molar-refractivity contribution in [3.05, 3.63) is 41.0 Å². The van der Waals surface area contributed by atoms with Crippen molar-refractivity contribution in [3.63, 3.8) is 0 Å². The smallest absolute Gasteiger partial charge is 0.263 e. The van der Waals surface area contributed by atoms with Crippen molar-refractivity contribution in [1.29, 1.82) is 0 Å². The van der Waals surface area contributed by atoms with Gasteiger partial charge in [0.2, 0.25) is 5.03 Å². The van der Waals surface area contributed by atoms with Crippen LogP contribution >= 0.6 is 11.6 Å². The summed E-state index contributed by atoms with van der Waals surface area (Å²) in [6, 6.07) is 7.49. The molecule has 0 spiro atoms. The molecule has 0 N–H and O–H groups in total. The molecule has 10 heteroatoms. The van der Waals surface area contributed by atoms with Gasteiger partial charge < -0.3 is 9.80 Å². The van der Waals surface area contributed by atoms with Crippen molar-refractivity contribution < 1.29 is 13.2 Å². The maximum atomic E-state index is 13.3.